The summed E-state index contributed by atoms with van der Waals surface area (Å²) in [5.41, 5.74) is 5.28. The summed E-state index contributed by atoms with van der Waals surface area (Å²) in [5.74, 6) is 0.565. The molecule has 0 saturated heterocycles. The maximum atomic E-state index is 13.6. The second-order valence-corrected chi connectivity index (χ2v) is 13.2. The Bertz CT molecular complexity index is 1960. The van der Waals surface area contributed by atoms with Gasteiger partial charge in [-0.2, -0.15) is 0 Å². The summed E-state index contributed by atoms with van der Waals surface area (Å²) in [6, 6.07) is 12.5. The van der Waals surface area contributed by atoms with Crippen molar-refractivity contribution in [3.8, 4) is 34.2 Å². The molecule has 3 aromatic heterocycles. The van der Waals surface area contributed by atoms with E-state index in [0.29, 0.717) is 22.6 Å². The number of anilines is 2. The van der Waals surface area contributed by atoms with E-state index in [0.717, 1.165) is 34.5 Å². The van der Waals surface area contributed by atoms with E-state index >= 15 is 0 Å². The number of nitrogens with one attached hydrogen (secondary N) is 2. The Kier molecular flexibility index (Phi) is 8.00. The molecule has 0 spiro atoms. The van der Waals surface area contributed by atoms with Gasteiger partial charge in [0.25, 0.3) is 5.91 Å². The van der Waals surface area contributed by atoms with Crippen molar-refractivity contribution in [3.63, 3.8) is 0 Å². The van der Waals surface area contributed by atoms with E-state index in [1.54, 1.807) is 53.7 Å². The molecule has 0 radical (unpaired) electrons. The number of aryl methyl sites for hydroxylation is 1. The minimum atomic E-state index is -3.61. The molecule has 2 aromatic carbocycles. The molecule has 0 aliphatic heterocycles. The highest BCUT2D eigenvalue weighted by atomic mass is 32.2. The number of pyridine rings is 1. The number of nitrogens with zero attached hydrogens (tertiary/aromatic N) is 6. The first-order valence-corrected chi connectivity index (χ1v) is 15.6. The van der Waals surface area contributed by atoms with Gasteiger partial charge in [0.2, 0.25) is 10.0 Å². The normalized spacial score (nSPS) is 11.8. The molecule has 0 unspecified atom stereocenters. The summed E-state index contributed by atoms with van der Waals surface area (Å²) in [4.78, 5) is 22.2. The summed E-state index contributed by atoms with van der Waals surface area (Å²) < 4.78 is 35.8. The van der Waals surface area contributed by atoms with Crippen molar-refractivity contribution < 1.29 is 17.9 Å². The van der Waals surface area contributed by atoms with Crippen LogP contribution in [0.2, 0.25) is 0 Å². The summed E-state index contributed by atoms with van der Waals surface area (Å²) >= 11 is 0. The van der Waals surface area contributed by atoms with E-state index in [1.807, 2.05) is 57.5 Å². The Balaban J connectivity index is 1.47. The van der Waals surface area contributed by atoms with Gasteiger partial charge in [-0.25, -0.2) is 18.1 Å². The van der Waals surface area contributed by atoms with Gasteiger partial charge < -0.3 is 14.6 Å². The molecule has 0 fully saturated rings. The first-order chi connectivity index (χ1) is 20.7. The van der Waals surface area contributed by atoms with Crippen molar-refractivity contribution in [2.24, 2.45) is 7.05 Å². The highest BCUT2D eigenvalue weighted by Crippen LogP contribution is 2.39. The minimum absolute atomic E-state index is 0.201. The van der Waals surface area contributed by atoms with E-state index in [1.165, 1.54) is 7.11 Å². The predicted octanol–water partition coefficient (Wildman–Crippen LogP) is 4.97. The number of methoxy groups -OCH3 is 1. The lowest BCUT2D eigenvalue weighted by Gasteiger charge is -2.24. The third-order valence-corrected chi connectivity index (χ3v) is 7.69. The topological polar surface area (TPSA) is 146 Å². The van der Waals surface area contributed by atoms with Gasteiger partial charge in [0.15, 0.2) is 5.75 Å². The molecule has 5 rings (SSSR count). The van der Waals surface area contributed by atoms with Crippen LogP contribution in [0, 0.1) is 6.92 Å². The van der Waals surface area contributed by atoms with Crippen LogP contribution in [0.3, 0.4) is 0 Å². The number of benzene rings is 2. The number of hydrogen-bond donors (Lipinski definition) is 2. The highest BCUT2D eigenvalue weighted by Gasteiger charge is 2.23. The lowest BCUT2D eigenvalue weighted by Crippen LogP contribution is -2.18. The highest BCUT2D eigenvalue weighted by molar-refractivity contribution is 7.92. The van der Waals surface area contributed by atoms with E-state index in [2.05, 4.69) is 30.3 Å². The van der Waals surface area contributed by atoms with E-state index < -0.39 is 15.9 Å². The van der Waals surface area contributed by atoms with Gasteiger partial charge in [0, 0.05) is 30.6 Å². The van der Waals surface area contributed by atoms with Gasteiger partial charge >= 0.3 is 0 Å². The third-order valence-electron chi connectivity index (χ3n) is 7.10. The Morgan fingerprint density at radius 3 is 2.39 bits per heavy atom. The molecule has 0 aliphatic carbocycles. The van der Waals surface area contributed by atoms with Crippen LogP contribution in [0.4, 0.5) is 11.4 Å². The number of carbonyl (C=O) groups excluding carboxylic acids is 1. The summed E-state index contributed by atoms with van der Waals surface area (Å²) in [6.07, 6.45) is 8.03. The summed E-state index contributed by atoms with van der Waals surface area (Å²) in [5, 5.41) is 11.6. The number of aromatic nitrogens is 6. The van der Waals surface area contributed by atoms with Crippen LogP contribution in [-0.2, 0) is 22.5 Å². The molecular weight excluding hydrogens is 580 g/mol. The minimum Gasteiger partial charge on any atom is -0.492 e. The zero-order valence-electron chi connectivity index (χ0n) is 25.6. The molecule has 13 heteroatoms. The summed E-state index contributed by atoms with van der Waals surface area (Å²) in [7, 11) is -0.280. The standard InChI is InChI=1S/C31H34N8O4S/c1-19-8-9-21(30(40)34-23-15-22(31(2,3)4)16-24(28(23)43-6)36-44(7,41)42)14-26(19)39-18-25(35-37-39)27-17-33-29(38(27)5)20-10-12-32-13-11-20/h8-18,36H,1-7H3,(H,34,40). The van der Waals surface area contributed by atoms with E-state index in [-0.39, 0.29) is 16.9 Å². The van der Waals surface area contributed by atoms with Crippen LogP contribution in [0.5, 0.6) is 5.75 Å². The number of imidazole rings is 1. The quantitative estimate of drug-likeness (QED) is 0.249. The van der Waals surface area contributed by atoms with Gasteiger partial charge in [-0.1, -0.05) is 32.1 Å². The first kappa shape index (κ1) is 30.4. The number of ether oxygens (including phenoxy) is 1. The average Bonchev–Trinajstić information content (AvgIpc) is 3.59. The van der Waals surface area contributed by atoms with Gasteiger partial charge in [0.05, 0.1) is 48.5 Å². The molecule has 44 heavy (non-hydrogen) atoms. The van der Waals surface area contributed by atoms with Crippen LogP contribution < -0.4 is 14.8 Å². The fraction of sp³-hybridized carbons (Fsp3) is 0.258. The molecule has 2 N–H and O–H groups in total. The fourth-order valence-electron chi connectivity index (χ4n) is 4.76. The molecule has 1 amide bonds. The number of carbonyl (C=O) groups is 1. The number of sulfonamides is 1. The van der Waals surface area contributed by atoms with Crippen molar-refractivity contribution in [1.29, 1.82) is 0 Å². The zero-order valence-corrected chi connectivity index (χ0v) is 26.4. The second kappa shape index (κ2) is 11.6. The molecule has 12 nitrogen and oxygen atoms in total. The van der Waals surface area contributed by atoms with Crippen LogP contribution in [-0.4, -0.2) is 57.2 Å². The zero-order chi connectivity index (χ0) is 31.8. The monoisotopic (exact) mass is 614 g/mol. The van der Waals surface area contributed by atoms with Crippen molar-refractivity contribution in [2.75, 3.05) is 23.4 Å². The smallest absolute Gasteiger partial charge is 0.255 e. The first-order valence-electron chi connectivity index (χ1n) is 13.7. The lowest BCUT2D eigenvalue weighted by atomic mass is 9.86. The van der Waals surface area contributed by atoms with Gasteiger partial charge in [-0.15, -0.1) is 5.10 Å². The molecule has 228 valence electrons. The van der Waals surface area contributed by atoms with Crippen LogP contribution in [0.25, 0.3) is 28.5 Å². The molecule has 3 heterocycles. The molecule has 0 saturated carbocycles. The number of hydrogen-bond acceptors (Lipinski definition) is 8. The lowest BCUT2D eigenvalue weighted by molar-refractivity contribution is 0.102. The SMILES string of the molecule is COc1c(NC(=O)c2ccc(C)c(-n3cc(-c4cnc(-c5ccncc5)n4C)nn3)c2)cc(C(C)(C)C)cc1NS(C)(=O)=O. The largest absolute Gasteiger partial charge is 0.492 e. The Morgan fingerprint density at radius 1 is 1.02 bits per heavy atom. The number of amides is 1. The van der Waals surface area contributed by atoms with Crippen LogP contribution in [0.1, 0.15) is 42.3 Å². The van der Waals surface area contributed by atoms with E-state index in [4.69, 9.17) is 4.74 Å². The van der Waals surface area contributed by atoms with Gasteiger partial charge in [-0.3, -0.25) is 14.5 Å². The van der Waals surface area contributed by atoms with Crippen molar-refractivity contribution in [3.05, 3.63) is 83.9 Å². The van der Waals surface area contributed by atoms with Gasteiger partial charge in [0.1, 0.15) is 11.5 Å². The molecule has 0 bridgehead atoms. The fourth-order valence-corrected chi connectivity index (χ4v) is 5.31. The predicted molar refractivity (Wildman–Crippen MR) is 170 cm³/mol. The van der Waals surface area contributed by atoms with Crippen molar-refractivity contribution in [1.82, 2.24) is 29.5 Å². The molecular formula is C31H34N8O4S. The molecule has 0 aliphatic rings. The Hall–Kier alpha value is -5.04. The van der Waals surface area contributed by atoms with Crippen molar-refractivity contribution in [2.45, 2.75) is 33.1 Å². The van der Waals surface area contributed by atoms with Gasteiger partial charge in [-0.05, 0) is 59.9 Å². The molecule has 0 atom stereocenters. The number of rotatable bonds is 8. The maximum Gasteiger partial charge on any atom is 0.255 e. The molecule has 5 aromatic rings. The van der Waals surface area contributed by atoms with Crippen LogP contribution >= 0.6 is 0 Å². The average molecular weight is 615 g/mol. The Morgan fingerprint density at radius 2 is 1.73 bits per heavy atom. The Labute approximate surface area is 256 Å². The van der Waals surface area contributed by atoms with E-state index in [9.17, 15) is 13.2 Å². The van der Waals surface area contributed by atoms with Crippen LogP contribution in [0.15, 0.2) is 67.3 Å². The summed E-state index contributed by atoms with van der Waals surface area (Å²) in [6.45, 7) is 7.90. The third kappa shape index (κ3) is 6.32. The second-order valence-electron chi connectivity index (χ2n) is 11.5. The maximum absolute atomic E-state index is 13.6. The van der Waals surface area contributed by atoms with Crippen molar-refractivity contribution >= 4 is 27.3 Å².